The lowest BCUT2D eigenvalue weighted by Gasteiger charge is -2.47. The first kappa shape index (κ1) is 28.6. The van der Waals surface area contributed by atoms with Gasteiger partial charge in [0.05, 0.1) is 6.04 Å². The van der Waals surface area contributed by atoms with Gasteiger partial charge in [-0.1, -0.05) is 58.6 Å². The summed E-state index contributed by atoms with van der Waals surface area (Å²) in [5, 5.41) is 7.72. The molecule has 3 aliphatic heterocycles. The number of imide groups is 1. The lowest BCUT2D eigenvalue weighted by Crippen LogP contribution is -2.60. The maximum atomic E-state index is 15.5. The topological polar surface area (TPSA) is 108 Å². The van der Waals surface area contributed by atoms with Gasteiger partial charge >= 0.3 is 5.92 Å². The number of benzene rings is 1. The number of amides is 4. The van der Waals surface area contributed by atoms with E-state index >= 15 is 8.78 Å². The molecule has 1 saturated carbocycles. The summed E-state index contributed by atoms with van der Waals surface area (Å²) in [6.07, 6.45) is 5.14. The Kier molecular flexibility index (Phi) is 7.76. The lowest BCUT2D eigenvalue weighted by atomic mass is 9.64. The summed E-state index contributed by atoms with van der Waals surface area (Å²) in [7, 11) is 0. The molecule has 0 spiro atoms. The third-order valence-corrected chi connectivity index (χ3v) is 9.51. The molecule has 8 nitrogen and oxygen atoms in total. The number of nitrogens with one attached hydrogen (secondary N) is 3. The highest BCUT2D eigenvalue weighted by Crippen LogP contribution is 2.47. The van der Waals surface area contributed by atoms with Crippen molar-refractivity contribution in [1.82, 2.24) is 20.9 Å². The highest BCUT2D eigenvalue weighted by Gasteiger charge is 2.52. The number of fused-ring (bicyclic) bond motifs is 1. The maximum absolute atomic E-state index is 15.5. The molecule has 3 N–H and O–H groups in total. The van der Waals surface area contributed by atoms with Gasteiger partial charge in [-0.2, -0.15) is 8.78 Å². The van der Waals surface area contributed by atoms with Gasteiger partial charge in [-0.25, -0.2) is 0 Å². The van der Waals surface area contributed by atoms with Crippen LogP contribution in [0.5, 0.6) is 0 Å². The molecule has 3 heterocycles. The Bertz CT molecular complexity index is 1190. The Morgan fingerprint density at radius 2 is 1.82 bits per heavy atom. The summed E-state index contributed by atoms with van der Waals surface area (Å²) in [5.74, 6) is -5.14. The molecule has 4 unspecified atom stereocenters. The monoisotopic (exact) mass is 558 g/mol. The van der Waals surface area contributed by atoms with Gasteiger partial charge in [0.15, 0.2) is 0 Å². The number of hydrogen-bond acceptors (Lipinski definition) is 5. The van der Waals surface area contributed by atoms with E-state index in [1.54, 1.807) is 18.2 Å². The molecule has 2 saturated heterocycles. The van der Waals surface area contributed by atoms with Gasteiger partial charge in [-0.15, -0.1) is 0 Å². The molecule has 1 aromatic carbocycles. The van der Waals surface area contributed by atoms with Crippen molar-refractivity contribution in [2.45, 2.75) is 96.8 Å². The zero-order chi connectivity index (χ0) is 28.8. The Labute approximate surface area is 234 Å². The van der Waals surface area contributed by atoms with E-state index in [-0.39, 0.29) is 61.4 Å². The largest absolute Gasteiger partial charge is 0.347 e. The molecule has 0 aromatic heterocycles. The Balaban J connectivity index is 1.22. The van der Waals surface area contributed by atoms with Crippen LogP contribution in [-0.4, -0.2) is 53.1 Å². The molecule has 10 heteroatoms. The first-order valence-corrected chi connectivity index (χ1v) is 14.5. The quantitative estimate of drug-likeness (QED) is 0.463. The maximum Gasteiger partial charge on any atom is 0.339 e. The van der Waals surface area contributed by atoms with Gasteiger partial charge in [0, 0.05) is 25.1 Å². The number of carbonyl (C=O) groups is 4. The average molecular weight is 559 g/mol. The van der Waals surface area contributed by atoms with E-state index in [1.807, 2.05) is 0 Å². The van der Waals surface area contributed by atoms with Gasteiger partial charge in [0.1, 0.15) is 6.04 Å². The Morgan fingerprint density at radius 1 is 1.10 bits per heavy atom. The van der Waals surface area contributed by atoms with Crippen LogP contribution in [0.1, 0.15) is 87.2 Å². The van der Waals surface area contributed by atoms with Crippen LogP contribution in [-0.2, 0) is 27.5 Å². The smallest absolute Gasteiger partial charge is 0.339 e. The van der Waals surface area contributed by atoms with E-state index < -0.39 is 29.8 Å². The molecule has 1 aromatic rings. The summed E-state index contributed by atoms with van der Waals surface area (Å²) in [5.41, 5.74) is 1.68. The lowest BCUT2D eigenvalue weighted by molar-refractivity contribution is -0.154. The second kappa shape index (κ2) is 10.8. The molecule has 4 amide bonds. The summed E-state index contributed by atoms with van der Waals surface area (Å²) >= 11 is 0. The zero-order valence-electron chi connectivity index (χ0n) is 23.5. The van der Waals surface area contributed by atoms with Gasteiger partial charge in [0.2, 0.25) is 11.8 Å². The molecule has 3 fully saturated rings. The van der Waals surface area contributed by atoms with Gasteiger partial charge in [0.25, 0.3) is 11.8 Å². The molecule has 5 rings (SSSR count). The van der Waals surface area contributed by atoms with Crippen molar-refractivity contribution in [3.63, 3.8) is 0 Å². The fraction of sp³-hybridized carbons (Fsp3) is 0.667. The average Bonchev–Trinajstić information content (AvgIpc) is 3.55. The van der Waals surface area contributed by atoms with Gasteiger partial charge < -0.3 is 15.5 Å². The van der Waals surface area contributed by atoms with Crippen molar-refractivity contribution in [2.24, 2.45) is 23.2 Å². The predicted octanol–water partition coefficient (Wildman–Crippen LogP) is 3.53. The Morgan fingerprint density at radius 3 is 2.50 bits per heavy atom. The van der Waals surface area contributed by atoms with Crippen LogP contribution < -0.4 is 16.0 Å². The SMILES string of the molecule is CC(C)(C)C1CNC(C(F)(F)C(=O)NCc2ccc3c(c2)CN(C2CCC(=O)NC2=O)C3=O)CC1C1CCCC1. The second-order valence-electron chi connectivity index (χ2n) is 13.1. The van der Waals surface area contributed by atoms with Crippen LogP contribution in [0.3, 0.4) is 0 Å². The number of nitrogens with zero attached hydrogens (tertiary/aromatic N) is 1. The van der Waals surface area contributed by atoms with E-state index in [2.05, 4.69) is 36.7 Å². The number of hydrogen-bond donors (Lipinski definition) is 3. The number of piperidine rings is 2. The minimum Gasteiger partial charge on any atom is -0.347 e. The molecular weight excluding hydrogens is 518 g/mol. The molecule has 0 bridgehead atoms. The minimum atomic E-state index is -3.56. The van der Waals surface area contributed by atoms with Crippen LogP contribution in [0, 0.1) is 23.2 Å². The van der Waals surface area contributed by atoms with Crippen molar-refractivity contribution in [3.05, 3.63) is 34.9 Å². The Hall–Kier alpha value is -2.88. The van der Waals surface area contributed by atoms with Gasteiger partial charge in [-0.05, 0) is 59.7 Å². The first-order chi connectivity index (χ1) is 18.9. The van der Waals surface area contributed by atoms with E-state index in [0.29, 0.717) is 29.2 Å². The normalized spacial score (nSPS) is 28.0. The molecule has 0 radical (unpaired) electrons. The van der Waals surface area contributed by atoms with Crippen LogP contribution in [0.2, 0.25) is 0 Å². The van der Waals surface area contributed by atoms with Crippen molar-refractivity contribution in [3.8, 4) is 0 Å². The minimum absolute atomic E-state index is 0.00842. The van der Waals surface area contributed by atoms with Crippen molar-refractivity contribution < 1.29 is 28.0 Å². The number of halogens is 2. The first-order valence-electron chi connectivity index (χ1n) is 14.5. The van der Waals surface area contributed by atoms with Crippen LogP contribution in [0.25, 0.3) is 0 Å². The van der Waals surface area contributed by atoms with E-state index in [1.165, 1.54) is 4.90 Å². The highest BCUT2D eigenvalue weighted by atomic mass is 19.3. The van der Waals surface area contributed by atoms with E-state index in [0.717, 1.165) is 25.7 Å². The second-order valence-corrected chi connectivity index (χ2v) is 13.1. The fourth-order valence-electron chi connectivity index (χ4n) is 7.27. The number of alkyl halides is 2. The van der Waals surface area contributed by atoms with E-state index in [9.17, 15) is 19.2 Å². The molecule has 40 heavy (non-hydrogen) atoms. The molecule has 1 aliphatic carbocycles. The zero-order valence-corrected chi connectivity index (χ0v) is 23.5. The summed E-state index contributed by atoms with van der Waals surface area (Å²) < 4.78 is 31.0. The molecule has 218 valence electrons. The van der Waals surface area contributed by atoms with Crippen LogP contribution >= 0.6 is 0 Å². The third kappa shape index (κ3) is 5.51. The summed E-state index contributed by atoms with van der Waals surface area (Å²) in [4.78, 5) is 50.9. The van der Waals surface area contributed by atoms with Crippen molar-refractivity contribution in [2.75, 3.05) is 6.54 Å². The molecule has 4 atom stereocenters. The number of carbonyl (C=O) groups excluding carboxylic acids is 4. The standard InChI is InChI=1S/C30H40F2N4O4/c1-29(2,3)22-15-33-24(13-21(22)18-6-4-5-7-18)30(31,32)28(40)34-14-17-8-9-20-19(12-17)16-36(27(20)39)23-10-11-25(37)35-26(23)38/h8-9,12,18,21-24,33H,4-7,10-11,13-16H2,1-3H3,(H,34,40)(H,35,37,38). The third-order valence-electron chi connectivity index (χ3n) is 9.51. The summed E-state index contributed by atoms with van der Waals surface area (Å²) in [6, 6.07) is 3.00. The molecular formula is C30H40F2N4O4. The summed E-state index contributed by atoms with van der Waals surface area (Å²) in [6.45, 7) is 7.06. The fourth-order valence-corrected chi connectivity index (χ4v) is 7.27. The van der Waals surface area contributed by atoms with Crippen LogP contribution in [0.4, 0.5) is 8.78 Å². The van der Waals surface area contributed by atoms with Gasteiger partial charge in [-0.3, -0.25) is 24.5 Å². The predicted molar refractivity (Wildman–Crippen MR) is 144 cm³/mol. The van der Waals surface area contributed by atoms with Crippen molar-refractivity contribution >= 4 is 23.6 Å². The van der Waals surface area contributed by atoms with E-state index in [4.69, 9.17) is 0 Å². The molecule has 4 aliphatic rings. The van der Waals surface area contributed by atoms with Crippen molar-refractivity contribution in [1.29, 1.82) is 0 Å². The number of rotatable bonds is 6. The highest BCUT2D eigenvalue weighted by molar-refractivity contribution is 6.05. The van der Waals surface area contributed by atoms with Crippen LogP contribution in [0.15, 0.2) is 18.2 Å².